The van der Waals surface area contributed by atoms with Crippen molar-refractivity contribution in [2.75, 3.05) is 0 Å². The summed E-state index contributed by atoms with van der Waals surface area (Å²) in [5, 5.41) is 0. The summed E-state index contributed by atoms with van der Waals surface area (Å²) < 4.78 is 0. The third kappa shape index (κ3) is 0.927. The quantitative estimate of drug-likeness (QED) is 0.596. The molecule has 0 N–H and O–H groups in total. The summed E-state index contributed by atoms with van der Waals surface area (Å²) in [4.78, 5) is 4.84. The van der Waals surface area contributed by atoms with Crippen LogP contribution in [0.2, 0.25) is 0 Å². The van der Waals surface area contributed by atoms with E-state index in [1.807, 2.05) is 0 Å². The van der Waals surface area contributed by atoms with E-state index in [1.54, 1.807) is 0 Å². The fourth-order valence-corrected chi connectivity index (χ4v) is 2.87. The standard InChI is InChI=1S/C13H15N/c1-9(2)14-13-8-11(13)7-10-5-3-4-6-12(10)13/h3-6,11H,7-8H2,1-2H3. The zero-order valence-corrected chi connectivity index (χ0v) is 8.75. The van der Waals surface area contributed by atoms with Crippen LogP contribution < -0.4 is 0 Å². The maximum atomic E-state index is 4.84. The first-order valence-corrected chi connectivity index (χ1v) is 5.34. The summed E-state index contributed by atoms with van der Waals surface area (Å²) in [6.45, 7) is 4.20. The fourth-order valence-electron chi connectivity index (χ4n) is 2.87. The number of fused-ring (bicyclic) bond motifs is 3. The molecule has 2 aliphatic carbocycles. The summed E-state index contributed by atoms with van der Waals surface area (Å²) in [5.41, 5.74) is 4.43. The molecule has 0 amide bonds. The average molecular weight is 185 g/mol. The molecule has 1 saturated carbocycles. The predicted octanol–water partition coefficient (Wildman–Crippen LogP) is 2.94. The molecule has 2 atom stereocenters. The normalized spacial score (nSPS) is 32.0. The largest absolute Gasteiger partial charge is 0.283 e. The molecular formula is C13H15N. The minimum Gasteiger partial charge on any atom is -0.283 e. The summed E-state index contributed by atoms with van der Waals surface area (Å²) >= 11 is 0. The van der Waals surface area contributed by atoms with Gasteiger partial charge in [-0.2, -0.15) is 0 Å². The van der Waals surface area contributed by atoms with Crippen LogP contribution in [-0.4, -0.2) is 5.71 Å². The van der Waals surface area contributed by atoms with Crippen molar-refractivity contribution in [2.45, 2.75) is 32.2 Å². The molecule has 3 rings (SSSR count). The summed E-state index contributed by atoms with van der Waals surface area (Å²) in [7, 11) is 0. The van der Waals surface area contributed by atoms with Gasteiger partial charge in [0.2, 0.25) is 0 Å². The molecule has 1 fully saturated rings. The van der Waals surface area contributed by atoms with Gasteiger partial charge in [0.25, 0.3) is 0 Å². The van der Waals surface area contributed by atoms with E-state index in [1.165, 1.54) is 29.7 Å². The first-order valence-electron chi connectivity index (χ1n) is 5.34. The van der Waals surface area contributed by atoms with Crippen LogP contribution in [-0.2, 0) is 12.0 Å². The van der Waals surface area contributed by atoms with Crippen LogP contribution in [0.3, 0.4) is 0 Å². The fraction of sp³-hybridized carbons (Fsp3) is 0.462. The molecule has 14 heavy (non-hydrogen) atoms. The Balaban J connectivity index is 2.12. The first-order chi connectivity index (χ1) is 6.72. The van der Waals surface area contributed by atoms with Crippen molar-refractivity contribution in [3.63, 3.8) is 0 Å². The molecule has 2 unspecified atom stereocenters. The van der Waals surface area contributed by atoms with Gasteiger partial charge >= 0.3 is 0 Å². The van der Waals surface area contributed by atoms with E-state index in [2.05, 4.69) is 38.1 Å². The Labute approximate surface area is 84.9 Å². The second kappa shape index (κ2) is 2.47. The molecular weight excluding hydrogens is 170 g/mol. The van der Waals surface area contributed by atoms with E-state index >= 15 is 0 Å². The molecule has 2 aliphatic rings. The lowest BCUT2D eigenvalue weighted by molar-refractivity contribution is 0.686. The minimum atomic E-state index is 0.204. The zero-order valence-electron chi connectivity index (χ0n) is 8.75. The lowest BCUT2D eigenvalue weighted by Gasteiger charge is -2.10. The molecule has 1 aromatic rings. The monoisotopic (exact) mass is 185 g/mol. The lowest BCUT2D eigenvalue weighted by Crippen LogP contribution is -2.04. The minimum absolute atomic E-state index is 0.204. The number of nitrogens with zero attached hydrogens (tertiary/aromatic N) is 1. The van der Waals surface area contributed by atoms with E-state index in [4.69, 9.17) is 4.99 Å². The number of benzene rings is 1. The van der Waals surface area contributed by atoms with Gasteiger partial charge in [-0.05, 0) is 43.7 Å². The van der Waals surface area contributed by atoms with Crippen LogP contribution in [0.25, 0.3) is 0 Å². The van der Waals surface area contributed by atoms with Crippen LogP contribution in [0.15, 0.2) is 29.3 Å². The van der Waals surface area contributed by atoms with Crippen molar-refractivity contribution < 1.29 is 0 Å². The summed E-state index contributed by atoms with van der Waals surface area (Å²) in [6, 6.07) is 8.79. The maximum Gasteiger partial charge on any atom is 0.0894 e. The van der Waals surface area contributed by atoms with E-state index in [0.717, 1.165) is 5.92 Å². The van der Waals surface area contributed by atoms with Crippen molar-refractivity contribution >= 4 is 5.71 Å². The third-order valence-electron chi connectivity index (χ3n) is 3.45. The van der Waals surface area contributed by atoms with Crippen LogP contribution in [0.1, 0.15) is 31.4 Å². The first kappa shape index (κ1) is 8.22. The van der Waals surface area contributed by atoms with Gasteiger partial charge in [-0.1, -0.05) is 24.3 Å². The number of hydrogen-bond donors (Lipinski definition) is 0. The van der Waals surface area contributed by atoms with E-state index in [0.29, 0.717) is 0 Å². The molecule has 0 bridgehead atoms. The van der Waals surface area contributed by atoms with Crippen molar-refractivity contribution in [2.24, 2.45) is 10.9 Å². The average Bonchev–Trinajstić information content (AvgIpc) is 2.72. The van der Waals surface area contributed by atoms with E-state index in [9.17, 15) is 0 Å². The third-order valence-corrected chi connectivity index (χ3v) is 3.45. The molecule has 1 heteroatoms. The second-order valence-corrected chi connectivity index (χ2v) is 4.75. The summed E-state index contributed by atoms with van der Waals surface area (Å²) in [6.07, 6.45) is 2.52. The Morgan fingerprint density at radius 1 is 1.36 bits per heavy atom. The van der Waals surface area contributed by atoms with Gasteiger partial charge in [0.15, 0.2) is 0 Å². The number of aliphatic imine (C=N–C) groups is 1. The van der Waals surface area contributed by atoms with Gasteiger partial charge in [0.05, 0.1) is 5.54 Å². The Hall–Kier alpha value is -1.11. The van der Waals surface area contributed by atoms with Crippen molar-refractivity contribution in [1.29, 1.82) is 0 Å². The SMILES string of the molecule is CC(C)=NC12CC1Cc1ccccc12. The van der Waals surface area contributed by atoms with Crippen LogP contribution in [0, 0.1) is 5.92 Å². The van der Waals surface area contributed by atoms with E-state index < -0.39 is 0 Å². The second-order valence-electron chi connectivity index (χ2n) is 4.75. The van der Waals surface area contributed by atoms with Crippen molar-refractivity contribution in [1.82, 2.24) is 0 Å². The highest BCUT2D eigenvalue weighted by atomic mass is 15.0. The highest BCUT2D eigenvalue weighted by Gasteiger charge is 2.60. The van der Waals surface area contributed by atoms with Crippen LogP contribution >= 0.6 is 0 Å². The van der Waals surface area contributed by atoms with E-state index in [-0.39, 0.29) is 5.54 Å². The molecule has 0 radical (unpaired) electrons. The van der Waals surface area contributed by atoms with Gasteiger partial charge in [-0.3, -0.25) is 4.99 Å². The molecule has 1 nitrogen and oxygen atoms in total. The van der Waals surface area contributed by atoms with Gasteiger partial charge in [0, 0.05) is 5.71 Å². The Kier molecular flexibility index (Phi) is 1.45. The molecule has 0 spiro atoms. The van der Waals surface area contributed by atoms with Crippen LogP contribution in [0.5, 0.6) is 0 Å². The molecule has 1 aromatic carbocycles. The number of rotatable bonds is 1. The predicted molar refractivity (Wildman–Crippen MR) is 58.7 cm³/mol. The Morgan fingerprint density at radius 2 is 2.14 bits per heavy atom. The van der Waals surface area contributed by atoms with Gasteiger partial charge in [-0.15, -0.1) is 0 Å². The highest BCUT2D eigenvalue weighted by molar-refractivity contribution is 5.80. The van der Waals surface area contributed by atoms with Gasteiger partial charge in [-0.25, -0.2) is 0 Å². The van der Waals surface area contributed by atoms with Gasteiger partial charge < -0.3 is 0 Å². The molecule has 0 aliphatic heterocycles. The number of hydrogen-bond acceptors (Lipinski definition) is 1. The van der Waals surface area contributed by atoms with Gasteiger partial charge in [0.1, 0.15) is 0 Å². The zero-order chi connectivity index (χ0) is 9.76. The maximum absolute atomic E-state index is 4.84. The molecule has 0 saturated heterocycles. The molecule has 72 valence electrons. The Bertz CT molecular complexity index is 415. The topological polar surface area (TPSA) is 12.4 Å². The van der Waals surface area contributed by atoms with Crippen LogP contribution in [0.4, 0.5) is 0 Å². The molecule has 0 heterocycles. The molecule has 0 aromatic heterocycles. The highest BCUT2D eigenvalue weighted by Crippen LogP contribution is 2.62. The van der Waals surface area contributed by atoms with Crippen molar-refractivity contribution in [3.05, 3.63) is 35.4 Å². The smallest absolute Gasteiger partial charge is 0.0894 e. The lowest BCUT2D eigenvalue weighted by atomic mass is 10.0. The summed E-state index contributed by atoms with van der Waals surface area (Å²) in [5.74, 6) is 0.801. The van der Waals surface area contributed by atoms with Crippen molar-refractivity contribution in [3.8, 4) is 0 Å². The Morgan fingerprint density at radius 3 is 2.93 bits per heavy atom.